The van der Waals surface area contributed by atoms with Gasteiger partial charge in [0.2, 0.25) is 5.91 Å². The number of hydrogen-bond donors (Lipinski definition) is 3. The van der Waals surface area contributed by atoms with Gasteiger partial charge in [-0.25, -0.2) is 0 Å². The fourth-order valence-electron chi connectivity index (χ4n) is 1.43. The maximum Gasteiger partial charge on any atom is 0.216 e. The highest BCUT2D eigenvalue weighted by Crippen LogP contribution is 2.25. The van der Waals surface area contributed by atoms with Crippen LogP contribution in [0.2, 0.25) is 0 Å². The Balaban J connectivity index is 2.54. The van der Waals surface area contributed by atoms with Gasteiger partial charge < -0.3 is 15.5 Å². The van der Waals surface area contributed by atoms with Crippen LogP contribution in [0.1, 0.15) is 34.7 Å². The van der Waals surface area contributed by atoms with E-state index in [4.69, 9.17) is 0 Å². The molecule has 17 heavy (non-hydrogen) atoms. The lowest BCUT2D eigenvalue weighted by molar-refractivity contribution is -0.119. The summed E-state index contributed by atoms with van der Waals surface area (Å²) in [6.07, 6.45) is -1.22. The number of thiophene rings is 1. The van der Waals surface area contributed by atoms with E-state index < -0.39 is 12.2 Å². The zero-order valence-electron chi connectivity index (χ0n) is 9.42. The third-order valence-corrected chi connectivity index (χ3v) is 3.19. The maximum atomic E-state index is 10.7. The Morgan fingerprint density at radius 3 is 2.88 bits per heavy atom. The predicted octanol–water partition coefficient (Wildman–Crippen LogP) is 0.481. The van der Waals surface area contributed by atoms with E-state index in [1.165, 1.54) is 18.3 Å². The summed E-state index contributed by atoms with van der Waals surface area (Å²) in [5, 5.41) is 23.8. The topological polar surface area (TPSA) is 86.6 Å². The van der Waals surface area contributed by atoms with Crippen molar-refractivity contribution in [2.24, 2.45) is 0 Å². The molecule has 1 rings (SSSR count). The van der Waals surface area contributed by atoms with Crippen LogP contribution in [0, 0.1) is 0 Å². The molecule has 2 unspecified atom stereocenters. The highest BCUT2D eigenvalue weighted by molar-refractivity contribution is 7.11. The summed E-state index contributed by atoms with van der Waals surface area (Å²) in [6.45, 7) is 1.67. The zero-order chi connectivity index (χ0) is 12.8. The Morgan fingerprint density at radius 1 is 1.59 bits per heavy atom. The predicted molar refractivity (Wildman–Crippen MR) is 64.0 cm³/mol. The van der Waals surface area contributed by atoms with Crippen molar-refractivity contribution >= 4 is 23.5 Å². The number of rotatable bonds is 6. The molecule has 6 heteroatoms. The monoisotopic (exact) mass is 257 g/mol. The average Bonchev–Trinajstić information content (AvgIpc) is 2.75. The highest BCUT2D eigenvalue weighted by atomic mass is 32.1. The van der Waals surface area contributed by atoms with Crippen molar-refractivity contribution in [2.45, 2.75) is 25.6 Å². The number of hydrogen-bond acceptors (Lipinski definition) is 5. The van der Waals surface area contributed by atoms with Crippen LogP contribution in [0.5, 0.6) is 0 Å². The lowest BCUT2D eigenvalue weighted by atomic mass is 10.0. The number of aldehydes is 1. The van der Waals surface area contributed by atoms with Gasteiger partial charge in [-0.05, 0) is 17.9 Å². The third-order valence-electron chi connectivity index (χ3n) is 2.33. The van der Waals surface area contributed by atoms with E-state index in [9.17, 15) is 19.8 Å². The van der Waals surface area contributed by atoms with Crippen molar-refractivity contribution in [3.63, 3.8) is 0 Å². The average molecular weight is 257 g/mol. The van der Waals surface area contributed by atoms with Crippen molar-refractivity contribution in [3.8, 4) is 0 Å². The van der Waals surface area contributed by atoms with Crippen molar-refractivity contribution in [1.82, 2.24) is 5.32 Å². The summed E-state index contributed by atoms with van der Waals surface area (Å²) >= 11 is 1.22. The highest BCUT2D eigenvalue weighted by Gasteiger charge is 2.21. The van der Waals surface area contributed by atoms with Gasteiger partial charge in [-0.1, -0.05) is 0 Å². The van der Waals surface area contributed by atoms with Gasteiger partial charge in [-0.15, -0.1) is 11.3 Å². The van der Waals surface area contributed by atoms with E-state index in [1.807, 2.05) is 0 Å². The molecule has 0 saturated heterocycles. The minimum atomic E-state index is -1.10. The molecule has 1 heterocycles. The minimum absolute atomic E-state index is 0.184. The van der Waals surface area contributed by atoms with Crippen LogP contribution in [0.4, 0.5) is 0 Å². The zero-order valence-corrected chi connectivity index (χ0v) is 10.2. The molecule has 0 aliphatic rings. The lowest BCUT2D eigenvalue weighted by Crippen LogP contribution is -2.27. The van der Waals surface area contributed by atoms with E-state index >= 15 is 0 Å². The van der Waals surface area contributed by atoms with E-state index in [0.29, 0.717) is 16.7 Å². The summed E-state index contributed by atoms with van der Waals surface area (Å²) in [4.78, 5) is 21.7. The summed E-state index contributed by atoms with van der Waals surface area (Å²) in [7, 11) is 0. The fraction of sp³-hybridized carbons (Fsp3) is 0.455. The Hall–Kier alpha value is -1.24. The van der Waals surface area contributed by atoms with Gasteiger partial charge in [0.25, 0.3) is 0 Å². The van der Waals surface area contributed by atoms with Crippen LogP contribution in [0.15, 0.2) is 11.4 Å². The van der Waals surface area contributed by atoms with E-state index in [1.54, 1.807) is 11.4 Å². The second-order valence-corrected chi connectivity index (χ2v) is 4.59. The van der Waals surface area contributed by atoms with Crippen molar-refractivity contribution < 1.29 is 19.8 Å². The molecule has 1 aromatic heterocycles. The van der Waals surface area contributed by atoms with Gasteiger partial charge in [0.15, 0.2) is 6.29 Å². The van der Waals surface area contributed by atoms with Crippen LogP contribution in [0.3, 0.4) is 0 Å². The summed E-state index contributed by atoms with van der Waals surface area (Å²) < 4.78 is 0. The van der Waals surface area contributed by atoms with Gasteiger partial charge >= 0.3 is 0 Å². The first-order chi connectivity index (χ1) is 8.06. The van der Waals surface area contributed by atoms with Gasteiger partial charge in [0, 0.05) is 19.0 Å². The maximum absolute atomic E-state index is 10.7. The molecule has 5 nitrogen and oxygen atoms in total. The SMILES string of the molecule is CC(=O)NCCC(O)C(O)c1ccsc1C=O. The number of aliphatic hydroxyl groups excluding tert-OH is 2. The summed E-state index contributed by atoms with van der Waals surface area (Å²) in [6, 6.07) is 1.61. The van der Waals surface area contributed by atoms with E-state index in [-0.39, 0.29) is 18.9 Å². The quantitative estimate of drug-likeness (QED) is 0.647. The molecule has 0 bridgehead atoms. The van der Waals surface area contributed by atoms with Crippen LogP contribution in [-0.4, -0.2) is 35.1 Å². The molecular formula is C11H15NO4S. The van der Waals surface area contributed by atoms with E-state index in [2.05, 4.69) is 5.32 Å². The number of nitrogens with one attached hydrogen (secondary N) is 1. The van der Waals surface area contributed by atoms with E-state index in [0.717, 1.165) is 0 Å². The molecule has 0 aliphatic heterocycles. The third kappa shape index (κ3) is 3.92. The first kappa shape index (κ1) is 13.8. The molecule has 0 aromatic carbocycles. The fourth-order valence-corrected chi connectivity index (χ4v) is 2.17. The molecule has 0 radical (unpaired) electrons. The summed E-state index contributed by atoms with van der Waals surface area (Å²) in [5.41, 5.74) is 0.431. The largest absolute Gasteiger partial charge is 0.390 e. The molecule has 1 aromatic rings. The van der Waals surface area contributed by atoms with Crippen molar-refractivity contribution in [2.75, 3.05) is 6.54 Å². The van der Waals surface area contributed by atoms with Crippen molar-refractivity contribution in [3.05, 3.63) is 21.9 Å². The van der Waals surface area contributed by atoms with Crippen LogP contribution in [-0.2, 0) is 4.79 Å². The minimum Gasteiger partial charge on any atom is -0.390 e. The number of amides is 1. The molecule has 0 aliphatic carbocycles. The molecule has 3 N–H and O–H groups in total. The van der Waals surface area contributed by atoms with Crippen molar-refractivity contribution in [1.29, 1.82) is 0 Å². The van der Waals surface area contributed by atoms with Gasteiger partial charge in [-0.3, -0.25) is 9.59 Å². The Kier molecular flexibility index (Phi) is 5.27. The van der Waals surface area contributed by atoms with Crippen LogP contribution in [0.25, 0.3) is 0 Å². The second-order valence-electron chi connectivity index (χ2n) is 3.64. The Bertz CT molecular complexity index is 391. The summed E-state index contributed by atoms with van der Waals surface area (Å²) in [5.74, 6) is -0.184. The Morgan fingerprint density at radius 2 is 2.29 bits per heavy atom. The molecule has 0 fully saturated rings. The number of carbonyl (C=O) groups excluding carboxylic acids is 2. The smallest absolute Gasteiger partial charge is 0.216 e. The standard InChI is InChI=1S/C11H15NO4S/c1-7(14)12-4-2-9(15)11(16)8-3-5-17-10(8)6-13/h3,5-6,9,11,15-16H,2,4H2,1H3,(H,12,14). The first-order valence-electron chi connectivity index (χ1n) is 5.19. The molecular weight excluding hydrogens is 242 g/mol. The first-order valence-corrected chi connectivity index (χ1v) is 6.07. The normalized spacial score (nSPS) is 14.1. The molecule has 0 spiro atoms. The molecule has 2 atom stereocenters. The van der Waals surface area contributed by atoms with Crippen LogP contribution >= 0.6 is 11.3 Å². The van der Waals surface area contributed by atoms with Crippen LogP contribution < -0.4 is 5.32 Å². The van der Waals surface area contributed by atoms with Gasteiger partial charge in [-0.2, -0.15) is 0 Å². The molecule has 0 saturated carbocycles. The second kappa shape index (κ2) is 6.48. The Labute approximate surface area is 103 Å². The lowest BCUT2D eigenvalue weighted by Gasteiger charge is -2.17. The van der Waals surface area contributed by atoms with Gasteiger partial charge in [0.05, 0.1) is 11.0 Å². The van der Waals surface area contributed by atoms with Gasteiger partial charge in [0.1, 0.15) is 6.10 Å². The molecule has 1 amide bonds. The number of aliphatic hydroxyl groups is 2. The number of carbonyl (C=O) groups is 2. The molecule has 94 valence electrons.